The molecular formula is C18H25FN6O. The average Bonchev–Trinajstić information content (AvgIpc) is 3.12. The zero-order chi connectivity index (χ0) is 18.1. The molecule has 1 aromatic heterocycles. The van der Waals surface area contributed by atoms with Crippen molar-refractivity contribution in [2.75, 3.05) is 56.9 Å². The number of rotatable bonds is 3. The van der Waals surface area contributed by atoms with Crippen LogP contribution in [0.15, 0.2) is 22.7 Å². The van der Waals surface area contributed by atoms with Gasteiger partial charge in [0.2, 0.25) is 0 Å². The van der Waals surface area contributed by atoms with Gasteiger partial charge in [0.15, 0.2) is 0 Å². The monoisotopic (exact) mass is 360 g/mol. The van der Waals surface area contributed by atoms with Crippen LogP contribution in [0.4, 0.5) is 16.0 Å². The SMILES string of the molecule is CN1CCN(C2CCN(c3noc(-c4ccc(N)cc4F)n3)CC2)CC1. The molecule has 2 fully saturated rings. The van der Waals surface area contributed by atoms with E-state index in [1.807, 2.05) is 0 Å². The lowest BCUT2D eigenvalue weighted by Crippen LogP contribution is -2.52. The Morgan fingerprint density at radius 3 is 2.54 bits per heavy atom. The molecule has 0 bridgehead atoms. The molecule has 7 nitrogen and oxygen atoms in total. The van der Waals surface area contributed by atoms with E-state index in [9.17, 15) is 4.39 Å². The quantitative estimate of drug-likeness (QED) is 0.835. The summed E-state index contributed by atoms with van der Waals surface area (Å²) in [4.78, 5) is 11.5. The van der Waals surface area contributed by atoms with E-state index in [0.717, 1.165) is 52.1 Å². The van der Waals surface area contributed by atoms with Gasteiger partial charge in [0.05, 0.1) is 5.56 Å². The summed E-state index contributed by atoms with van der Waals surface area (Å²) >= 11 is 0. The van der Waals surface area contributed by atoms with Gasteiger partial charge in [0.25, 0.3) is 11.8 Å². The molecule has 8 heteroatoms. The minimum atomic E-state index is -0.450. The van der Waals surface area contributed by atoms with E-state index in [-0.39, 0.29) is 11.5 Å². The van der Waals surface area contributed by atoms with E-state index in [4.69, 9.17) is 10.3 Å². The largest absolute Gasteiger partial charge is 0.399 e. The average molecular weight is 360 g/mol. The number of piperazine rings is 1. The van der Waals surface area contributed by atoms with Gasteiger partial charge in [-0.05, 0) is 43.2 Å². The number of hydrogen-bond donors (Lipinski definition) is 1. The second kappa shape index (κ2) is 7.20. The van der Waals surface area contributed by atoms with Crippen molar-refractivity contribution in [2.45, 2.75) is 18.9 Å². The van der Waals surface area contributed by atoms with E-state index in [0.29, 0.717) is 17.7 Å². The Kier molecular flexibility index (Phi) is 4.78. The molecule has 26 heavy (non-hydrogen) atoms. The molecule has 2 aliphatic heterocycles. The summed E-state index contributed by atoms with van der Waals surface area (Å²) in [6.07, 6.45) is 2.17. The molecule has 0 atom stereocenters. The van der Waals surface area contributed by atoms with E-state index >= 15 is 0 Å². The zero-order valence-corrected chi connectivity index (χ0v) is 15.1. The molecular weight excluding hydrogens is 335 g/mol. The maximum atomic E-state index is 14.0. The first kappa shape index (κ1) is 17.2. The predicted octanol–water partition coefficient (Wildman–Crippen LogP) is 1.67. The molecule has 0 aliphatic carbocycles. The summed E-state index contributed by atoms with van der Waals surface area (Å²) < 4.78 is 19.3. The third kappa shape index (κ3) is 3.52. The molecule has 2 aliphatic rings. The maximum Gasteiger partial charge on any atom is 0.266 e. The number of nitrogen functional groups attached to an aromatic ring is 1. The highest BCUT2D eigenvalue weighted by Crippen LogP contribution is 2.26. The van der Waals surface area contributed by atoms with Gasteiger partial charge in [0.1, 0.15) is 5.82 Å². The number of nitrogens with two attached hydrogens (primary N) is 1. The van der Waals surface area contributed by atoms with Crippen molar-refractivity contribution in [3.05, 3.63) is 24.0 Å². The highest BCUT2D eigenvalue weighted by molar-refractivity contribution is 5.59. The number of aromatic nitrogens is 2. The highest BCUT2D eigenvalue weighted by atomic mass is 19.1. The van der Waals surface area contributed by atoms with Crippen LogP contribution in [0.5, 0.6) is 0 Å². The number of likely N-dealkylation sites (N-methyl/N-ethyl adjacent to an activating group) is 1. The fourth-order valence-electron chi connectivity index (χ4n) is 3.78. The smallest absolute Gasteiger partial charge is 0.266 e. The molecule has 0 radical (unpaired) electrons. The second-order valence-corrected chi connectivity index (χ2v) is 7.20. The topological polar surface area (TPSA) is 74.7 Å². The van der Waals surface area contributed by atoms with Gasteiger partial charge in [-0.25, -0.2) is 4.39 Å². The predicted molar refractivity (Wildman–Crippen MR) is 98.4 cm³/mol. The minimum absolute atomic E-state index is 0.193. The van der Waals surface area contributed by atoms with Gasteiger partial charge in [-0.3, -0.25) is 4.90 Å². The Morgan fingerprint density at radius 1 is 1.12 bits per heavy atom. The Hall–Kier alpha value is -2.19. The third-order valence-corrected chi connectivity index (χ3v) is 5.44. The van der Waals surface area contributed by atoms with Gasteiger partial charge in [-0.2, -0.15) is 4.98 Å². The van der Waals surface area contributed by atoms with Gasteiger partial charge in [-0.15, -0.1) is 0 Å². The van der Waals surface area contributed by atoms with Crippen LogP contribution in [-0.2, 0) is 0 Å². The number of benzene rings is 1. The van der Waals surface area contributed by atoms with Crippen molar-refractivity contribution in [3.63, 3.8) is 0 Å². The number of nitrogens with zero attached hydrogens (tertiary/aromatic N) is 5. The van der Waals surface area contributed by atoms with Crippen LogP contribution in [0.3, 0.4) is 0 Å². The summed E-state index contributed by atoms with van der Waals surface area (Å²) in [5.41, 5.74) is 6.24. The Bertz CT molecular complexity index is 750. The van der Waals surface area contributed by atoms with E-state index in [1.54, 1.807) is 12.1 Å². The number of anilines is 2. The lowest BCUT2D eigenvalue weighted by atomic mass is 10.0. The summed E-state index contributed by atoms with van der Waals surface area (Å²) in [6, 6.07) is 5.09. The van der Waals surface area contributed by atoms with Crippen LogP contribution < -0.4 is 10.6 Å². The standard InChI is InChI=1S/C18H25FN6O/c1-23-8-10-24(11-9-23)14-4-6-25(7-5-14)18-21-17(26-22-18)15-3-2-13(20)12-16(15)19/h2-3,12,14H,4-11,20H2,1H3. The number of halogens is 1. The fraction of sp³-hybridized carbons (Fsp3) is 0.556. The normalized spacial score (nSPS) is 20.6. The Balaban J connectivity index is 1.38. The van der Waals surface area contributed by atoms with Gasteiger partial charge in [-0.1, -0.05) is 0 Å². The van der Waals surface area contributed by atoms with Crippen molar-refractivity contribution >= 4 is 11.6 Å². The molecule has 0 amide bonds. The highest BCUT2D eigenvalue weighted by Gasteiger charge is 2.28. The van der Waals surface area contributed by atoms with Crippen molar-refractivity contribution < 1.29 is 8.91 Å². The van der Waals surface area contributed by atoms with Crippen molar-refractivity contribution in [1.29, 1.82) is 0 Å². The molecule has 4 rings (SSSR count). The summed E-state index contributed by atoms with van der Waals surface area (Å²) in [5.74, 6) is 0.278. The molecule has 0 saturated carbocycles. The van der Waals surface area contributed by atoms with E-state index in [2.05, 4.69) is 31.9 Å². The van der Waals surface area contributed by atoms with Crippen LogP contribution in [0.1, 0.15) is 12.8 Å². The van der Waals surface area contributed by atoms with Crippen LogP contribution in [0.25, 0.3) is 11.5 Å². The van der Waals surface area contributed by atoms with Crippen LogP contribution in [-0.4, -0.2) is 72.3 Å². The maximum absolute atomic E-state index is 14.0. The first-order chi connectivity index (χ1) is 12.6. The van der Waals surface area contributed by atoms with Crippen molar-refractivity contribution in [1.82, 2.24) is 19.9 Å². The minimum Gasteiger partial charge on any atom is -0.399 e. The van der Waals surface area contributed by atoms with Gasteiger partial charge in [0, 0.05) is 51.0 Å². The van der Waals surface area contributed by atoms with E-state index < -0.39 is 5.82 Å². The molecule has 140 valence electrons. The summed E-state index contributed by atoms with van der Waals surface area (Å²) in [7, 11) is 2.18. The Labute approximate surface area is 152 Å². The molecule has 2 aromatic rings. The molecule has 0 spiro atoms. The summed E-state index contributed by atoms with van der Waals surface area (Å²) in [5, 5.41) is 4.05. The fourth-order valence-corrected chi connectivity index (χ4v) is 3.78. The second-order valence-electron chi connectivity index (χ2n) is 7.20. The van der Waals surface area contributed by atoms with Crippen LogP contribution >= 0.6 is 0 Å². The molecule has 1 aromatic carbocycles. The van der Waals surface area contributed by atoms with Crippen LogP contribution in [0, 0.1) is 5.82 Å². The Morgan fingerprint density at radius 2 is 1.85 bits per heavy atom. The van der Waals surface area contributed by atoms with Crippen LogP contribution in [0.2, 0.25) is 0 Å². The van der Waals surface area contributed by atoms with Crippen molar-refractivity contribution in [2.24, 2.45) is 0 Å². The molecule has 3 heterocycles. The first-order valence-electron chi connectivity index (χ1n) is 9.17. The lowest BCUT2D eigenvalue weighted by molar-refractivity contribution is 0.0980. The number of hydrogen-bond acceptors (Lipinski definition) is 7. The third-order valence-electron chi connectivity index (χ3n) is 5.44. The first-order valence-corrected chi connectivity index (χ1v) is 9.17. The zero-order valence-electron chi connectivity index (χ0n) is 15.1. The lowest BCUT2D eigenvalue weighted by Gasteiger charge is -2.41. The molecule has 2 saturated heterocycles. The molecule has 2 N–H and O–H groups in total. The summed E-state index contributed by atoms with van der Waals surface area (Å²) in [6.45, 7) is 6.34. The molecule has 0 unspecified atom stereocenters. The van der Waals surface area contributed by atoms with Gasteiger partial charge < -0.3 is 20.1 Å². The number of piperidine rings is 1. The van der Waals surface area contributed by atoms with E-state index in [1.165, 1.54) is 6.07 Å². The van der Waals surface area contributed by atoms with Crippen molar-refractivity contribution in [3.8, 4) is 11.5 Å². The van der Waals surface area contributed by atoms with Gasteiger partial charge >= 0.3 is 0 Å².